The number of amides is 3. The molecule has 0 bridgehead atoms. The molecule has 0 aliphatic heterocycles. The molecule has 0 atom stereocenters. The molecule has 21 heavy (non-hydrogen) atoms. The first kappa shape index (κ1) is 14.6. The number of nitrogens with two attached hydrogens (primary N) is 1. The molecule has 0 aliphatic rings. The minimum atomic E-state index is -0.684. The number of primary amides is 1. The predicted molar refractivity (Wildman–Crippen MR) is 81.6 cm³/mol. The normalized spacial score (nSPS) is 10.2. The number of hydrogen-bond donors (Lipinski definition) is 2. The molecule has 2 rings (SSSR count). The third kappa shape index (κ3) is 2.89. The zero-order valence-electron chi connectivity index (χ0n) is 12.3. The van der Waals surface area contributed by atoms with Crippen LogP contribution in [0, 0.1) is 6.92 Å². The molecule has 0 aliphatic carbocycles. The van der Waals surface area contributed by atoms with Gasteiger partial charge in [-0.3, -0.25) is 9.47 Å². The molecule has 0 spiro atoms. The van der Waals surface area contributed by atoms with Crippen molar-refractivity contribution >= 4 is 11.9 Å². The van der Waals surface area contributed by atoms with Crippen molar-refractivity contribution in [2.24, 2.45) is 5.73 Å². The van der Waals surface area contributed by atoms with Crippen LogP contribution in [0.3, 0.4) is 0 Å². The molecular weight excluding hydrogens is 268 g/mol. The molecule has 0 unspecified atom stereocenters. The Balaban J connectivity index is 2.62. The highest BCUT2D eigenvalue weighted by Gasteiger charge is 2.22. The summed E-state index contributed by atoms with van der Waals surface area (Å²) >= 11 is 0. The highest BCUT2D eigenvalue weighted by atomic mass is 16.2. The zero-order valence-corrected chi connectivity index (χ0v) is 12.3. The SMILES string of the molecule is Cc1c(C(=O)N(C)C)c(-c2ccccc2)cn1NC(N)=O. The van der Waals surface area contributed by atoms with Gasteiger partial charge in [0, 0.05) is 25.9 Å². The van der Waals surface area contributed by atoms with Gasteiger partial charge in [0.15, 0.2) is 0 Å². The van der Waals surface area contributed by atoms with E-state index < -0.39 is 6.03 Å². The molecule has 0 radical (unpaired) electrons. The molecule has 110 valence electrons. The van der Waals surface area contributed by atoms with Gasteiger partial charge < -0.3 is 10.6 Å². The van der Waals surface area contributed by atoms with Crippen LogP contribution < -0.4 is 11.2 Å². The number of rotatable bonds is 3. The number of urea groups is 1. The molecule has 0 saturated carbocycles. The number of carbonyl (C=O) groups is 2. The lowest BCUT2D eigenvalue weighted by Gasteiger charge is -2.12. The molecule has 6 nitrogen and oxygen atoms in total. The van der Waals surface area contributed by atoms with Gasteiger partial charge in [-0.15, -0.1) is 0 Å². The first-order valence-electron chi connectivity index (χ1n) is 6.47. The molecule has 1 aromatic heterocycles. The Morgan fingerprint density at radius 2 is 1.81 bits per heavy atom. The van der Waals surface area contributed by atoms with Crippen LogP contribution in [0.15, 0.2) is 36.5 Å². The summed E-state index contributed by atoms with van der Waals surface area (Å²) in [7, 11) is 3.38. The number of nitrogens with zero attached hydrogens (tertiary/aromatic N) is 2. The van der Waals surface area contributed by atoms with E-state index in [1.807, 2.05) is 30.3 Å². The van der Waals surface area contributed by atoms with Crippen LogP contribution in [0.25, 0.3) is 11.1 Å². The van der Waals surface area contributed by atoms with Crippen LogP contribution in [0.5, 0.6) is 0 Å². The van der Waals surface area contributed by atoms with Gasteiger partial charge in [-0.1, -0.05) is 30.3 Å². The van der Waals surface area contributed by atoms with Gasteiger partial charge in [0.1, 0.15) is 0 Å². The number of aromatic nitrogens is 1. The van der Waals surface area contributed by atoms with E-state index in [-0.39, 0.29) is 5.91 Å². The number of nitrogens with one attached hydrogen (secondary N) is 1. The smallest absolute Gasteiger partial charge is 0.331 e. The second kappa shape index (κ2) is 5.70. The van der Waals surface area contributed by atoms with Crippen molar-refractivity contribution < 1.29 is 9.59 Å². The van der Waals surface area contributed by atoms with E-state index in [9.17, 15) is 9.59 Å². The Bertz CT molecular complexity index is 674. The van der Waals surface area contributed by atoms with Crippen LogP contribution in [0.1, 0.15) is 16.1 Å². The van der Waals surface area contributed by atoms with Gasteiger partial charge in [0.05, 0.1) is 11.3 Å². The lowest BCUT2D eigenvalue weighted by molar-refractivity contribution is 0.0827. The van der Waals surface area contributed by atoms with Crippen molar-refractivity contribution in [3.05, 3.63) is 47.8 Å². The quantitative estimate of drug-likeness (QED) is 0.902. The molecule has 1 aromatic carbocycles. The first-order valence-corrected chi connectivity index (χ1v) is 6.47. The molecule has 3 N–H and O–H groups in total. The molecule has 0 saturated heterocycles. The summed E-state index contributed by atoms with van der Waals surface area (Å²) in [6.45, 7) is 1.76. The van der Waals surface area contributed by atoms with Crippen LogP contribution >= 0.6 is 0 Å². The van der Waals surface area contributed by atoms with Crippen molar-refractivity contribution in [1.29, 1.82) is 0 Å². The van der Waals surface area contributed by atoms with Gasteiger partial charge in [-0.05, 0) is 12.5 Å². The summed E-state index contributed by atoms with van der Waals surface area (Å²) in [6.07, 6.45) is 1.70. The second-order valence-electron chi connectivity index (χ2n) is 4.91. The lowest BCUT2D eigenvalue weighted by Crippen LogP contribution is -2.29. The van der Waals surface area contributed by atoms with Crippen LogP contribution in [-0.4, -0.2) is 35.6 Å². The third-order valence-electron chi connectivity index (χ3n) is 3.19. The van der Waals surface area contributed by atoms with Gasteiger partial charge >= 0.3 is 6.03 Å². The fourth-order valence-corrected chi connectivity index (χ4v) is 2.17. The van der Waals surface area contributed by atoms with Crippen molar-refractivity contribution in [2.75, 3.05) is 19.5 Å². The van der Waals surface area contributed by atoms with Crippen molar-refractivity contribution in [3.8, 4) is 11.1 Å². The van der Waals surface area contributed by atoms with E-state index in [2.05, 4.69) is 5.43 Å². The van der Waals surface area contributed by atoms with Gasteiger partial charge in [0.2, 0.25) is 0 Å². The Kier molecular flexibility index (Phi) is 3.98. The highest BCUT2D eigenvalue weighted by Crippen LogP contribution is 2.28. The van der Waals surface area contributed by atoms with Gasteiger partial charge in [0.25, 0.3) is 5.91 Å². The topological polar surface area (TPSA) is 80.4 Å². The van der Waals surface area contributed by atoms with Crippen molar-refractivity contribution in [1.82, 2.24) is 9.58 Å². The van der Waals surface area contributed by atoms with Crippen molar-refractivity contribution in [2.45, 2.75) is 6.92 Å². The monoisotopic (exact) mass is 286 g/mol. The summed E-state index contributed by atoms with van der Waals surface area (Å²) in [4.78, 5) is 25.0. The first-order chi connectivity index (χ1) is 9.91. The predicted octanol–water partition coefficient (Wildman–Crippen LogP) is 1.79. The van der Waals surface area contributed by atoms with Gasteiger partial charge in [-0.2, -0.15) is 0 Å². The maximum absolute atomic E-state index is 12.4. The Morgan fingerprint density at radius 1 is 1.19 bits per heavy atom. The Hall–Kier alpha value is -2.76. The Morgan fingerprint density at radius 3 is 2.33 bits per heavy atom. The van der Waals surface area contributed by atoms with Crippen LogP contribution in [0.4, 0.5) is 4.79 Å². The summed E-state index contributed by atoms with van der Waals surface area (Å²) in [5.74, 6) is -0.128. The maximum Gasteiger partial charge on any atom is 0.331 e. The third-order valence-corrected chi connectivity index (χ3v) is 3.19. The summed E-state index contributed by atoms with van der Waals surface area (Å²) in [5.41, 5.74) is 10.5. The molecule has 3 amide bonds. The minimum Gasteiger partial charge on any atom is -0.350 e. The zero-order chi connectivity index (χ0) is 15.6. The molecule has 2 aromatic rings. The molecule has 6 heteroatoms. The number of carbonyl (C=O) groups excluding carboxylic acids is 2. The van der Waals surface area contributed by atoms with E-state index in [0.717, 1.165) is 11.1 Å². The maximum atomic E-state index is 12.4. The van der Waals surface area contributed by atoms with E-state index >= 15 is 0 Å². The summed E-state index contributed by atoms with van der Waals surface area (Å²) < 4.78 is 1.47. The van der Waals surface area contributed by atoms with E-state index in [1.165, 1.54) is 9.58 Å². The Labute approximate surface area is 123 Å². The fourth-order valence-electron chi connectivity index (χ4n) is 2.17. The minimum absolute atomic E-state index is 0.128. The lowest BCUT2D eigenvalue weighted by atomic mass is 10.0. The average molecular weight is 286 g/mol. The summed E-state index contributed by atoms with van der Waals surface area (Å²) in [5, 5.41) is 0. The van der Waals surface area contributed by atoms with Crippen molar-refractivity contribution in [3.63, 3.8) is 0 Å². The largest absolute Gasteiger partial charge is 0.350 e. The van der Waals surface area contributed by atoms with E-state index in [4.69, 9.17) is 5.73 Å². The standard InChI is InChI=1S/C15H18N4O2/c1-10-13(14(20)18(2)3)12(9-19(10)17-15(16)21)11-7-5-4-6-8-11/h4-9H,1-3H3,(H3,16,17,21). The second-order valence-corrected chi connectivity index (χ2v) is 4.91. The number of hydrogen-bond acceptors (Lipinski definition) is 2. The molecule has 0 fully saturated rings. The average Bonchev–Trinajstić information content (AvgIpc) is 2.75. The highest BCUT2D eigenvalue weighted by molar-refractivity contribution is 6.02. The molecular formula is C15H18N4O2. The molecule has 1 heterocycles. The van der Waals surface area contributed by atoms with Crippen LogP contribution in [-0.2, 0) is 0 Å². The van der Waals surface area contributed by atoms with Crippen LogP contribution in [0.2, 0.25) is 0 Å². The van der Waals surface area contributed by atoms with E-state index in [0.29, 0.717) is 11.3 Å². The van der Waals surface area contributed by atoms with Gasteiger partial charge in [-0.25, -0.2) is 10.2 Å². The number of benzene rings is 1. The van der Waals surface area contributed by atoms with E-state index in [1.54, 1.807) is 27.2 Å². The summed E-state index contributed by atoms with van der Waals surface area (Å²) in [6, 6.07) is 8.84. The fraction of sp³-hybridized carbons (Fsp3) is 0.200.